The van der Waals surface area contributed by atoms with Crippen LogP contribution < -0.4 is 9.47 Å². The predicted molar refractivity (Wildman–Crippen MR) is 124 cm³/mol. The Bertz CT molecular complexity index is 1210. The Labute approximate surface area is 197 Å². The number of carbonyl (C=O) groups is 1. The zero-order valence-electron chi connectivity index (χ0n) is 19.2. The molecule has 0 amide bonds. The Kier molecular flexibility index (Phi) is 5.94. The molecular formula is C27H27FN2O4. The number of methoxy groups -OCH3 is 1. The quantitative estimate of drug-likeness (QED) is 0.494. The summed E-state index contributed by atoms with van der Waals surface area (Å²) in [5.41, 5.74) is 3.06. The number of halogens is 1. The molecule has 0 spiro atoms. The number of aromatic nitrogens is 2. The van der Waals surface area contributed by atoms with E-state index in [4.69, 9.17) is 9.47 Å². The minimum Gasteiger partial charge on any atom is -0.497 e. The second-order valence-corrected chi connectivity index (χ2v) is 9.18. The second-order valence-electron chi connectivity index (χ2n) is 9.18. The SMILES string of the molecule is COc1ccc(F)c(-c2cnc(C3CCc4ccc([C@H](C5CC5)C(C)C(=O)O)cc4O3)nc2)c1. The van der Waals surface area contributed by atoms with Crippen LogP contribution in [0, 0.1) is 17.7 Å². The molecule has 0 saturated heterocycles. The van der Waals surface area contributed by atoms with Crippen molar-refractivity contribution in [2.45, 2.75) is 44.6 Å². The van der Waals surface area contributed by atoms with E-state index < -0.39 is 11.9 Å². The van der Waals surface area contributed by atoms with Crippen molar-refractivity contribution >= 4 is 5.97 Å². The van der Waals surface area contributed by atoms with Gasteiger partial charge in [-0.25, -0.2) is 14.4 Å². The van der Waals surface area contributed by atoms with Crippen LogP contribution in [0.1, 0.15) is 55.2 Å². The molecule has 1 aliphatic carbocycles. The molecule has 1 saturated carbocycles. The van der Waals surface area contributed by atoms with Crippen molar-refractivity contribution in [3.63, 3.8) is 0 Å². The fraction of sp³-hybridized carbons (Fsp3) is 0.370. The molecule has 7 heteroatoms. The highest BCUT2D eigenvalue weighted by Crippen LogP contribution is 2.48. The van der Waals surface area contributed by atoms with E-state index in [1.54, 1.807) is 31.5 Å². The minimum absolute atomic E-state index is 0.0138. The maximum Gasteiger partial charge on any atom is 0.306 e. The van der Waals surface area contributed by atoms with Crippen LogP contribution in [0.5, 0.6) is 11.5 Å². The van der Waals surface area contributed by atoms with Gasteiger partial charge in [0.1, 0.15) is 17.3 Å². The first-order valence-corrected chi connectivity index (χ1v) is 11.6. The number of aliphatic carboxylic acids is 1. The molecule has 5 rings (SSSR count). The number of ether oxygens (including phenoxy) is 2. The van der Waals surface area contributed by atoms with Crippen LogP contribution in [0.4, 0.5) is 4.39 Å². The number of carboxylic acids is 1. The maximum atomic E-state index is 14.3. The first-order chi connectivity index (χ1) is 16.4. The van der Waals surface area contributed by atoms with Gasteiger partial charge in [0.05, 0.1) is 13.0 Å². The van der Waals surface area contributed by atoms with E-state index >= 15 is 0 Å². The Morgan fingerprint density at radius 3 is 2.59 bits per heavy atom. The molecule has 176 valence electrons. The van der Waals surface area contributed by atoms with Crippen molar-refractivity contribution in [2.75, 3.05) is 7.11 Å². The van der Waals surface area contributed by atoms with Gasteiger partial charge < -0.3 is 14.6 Å². The molecule has 3 atom stereocenters. The van der Waals surface area contributed by atoms with Gasteiger partial charge in [0.15, 0.2) is 11.9 Å². The largest absolute Gasteiger partial charge is 0.497 e. The van der Waals surface area contributed by atoms with E-state index in [9.17, 15) is 14.3 Å². The Balaban J connectivity index is 1.37. The average Bonchev–Trinajstić information content (AvgIpc) is 3.69. The number of benzene rings is 2. The van der Waals surface area contributed by atoms with Gasteiger partial charge in [-0.05, 0) is 72.9 Å². The average molecular weight is 463 g/mol. The van der Waals surface area contributed by atoms with Crippen LogP contribution in [0.2, 0.25) is 0 Å². The molecule has 1 aliphatic heterocycles. The molecule has 1 aromatic heterocycles. The molecule has 1 N–H and O–H groups in total. The normalized spacial score (nSPS) is 19.0. The topological polar surface area (TPSA) is 81.5 Å². The van der Waals surface area contributed by atoms with Crippen LogP contribution in [-0.2, 0) is 11.2 Å². The van der Waals surface area contributed by atoms with E-state index in [1.165, 1.54) is 13.2 Å². The molecule has 3 aromatic rings. The first-order valence-electron chi connectivity index (χ1n) is 11.6. The number of nitrogens with zero attached hydrogens (tertiary/aromatic N) is 2. The molecule has 2 aliphatic rings. The number of fused-ring (bicyclic) bond motifs is 1. The van der Waals surface area contributed by atoms with Crippen molar-refractivity contribution in [1.82, 2.24) is 9.97 Å². The first kappa shape index (κ1) is 22.3. The molecule has 0 bridgehead atoms. The predicted octanol–water partition coefficient (Wildman–Crippen LogP) is 5.57. The third-order valence-corrected chi connectivity index (χ3v) is 6.92. The number of aryl methyl sites for hydroxylation is 1. The summed E-state index contributed by atoms with van der Waals surface area (Å²) in [6, 6.07) is 10.7. The lowest BCUT2D eigenvalue weighted by Gasteiger charge is -2.28. The van der Waals surface area contributed by atoms with Gasteiger partial charge in [0.2, 0.25) is 0 Å². The minimum atomic E-state index is -0.769. The van der Waals surface area contributed by atoms with E-state index in [-0.39, 0.29) is 17.8 Å². The Morgan fingerprint density at radius 1 is 1.15 bits per heavy atom. The number of carboxylic acid groups (broad SMARTS) is 1. The lowest BCUT2D eigenvalue weighted by molar-refractivity contribution is -0.142. The summed E-state index contributed by atoms with van der Waals surface area (Å²) in [5.74, 6) is 0.687. The lowest BCUT2D eigenvalue weighted by Crippen LogP contribution is -2.22. The summed E-state index contributed by atoms with van der Waals surface area (Å²) in [6.45, 7) is 1.79. The number of hydrogen-bond donors (Lipinski definition) is 1. The highest BCUT2D eigenvalue weighted by Gasteiger charge is 2.39. The van der Waals surface area contributed by atoms with Crippen LogP contribution >= 0.6 is 0 Å². The summed E-state index contributed by atoms with van der Waals surface area (Å²) < 4.78 is 25.8. The van der Waals surface area contributed by atoms with Crippen molar-refractivity contribution in [1.29, 1.82) is 0 Å². The summed E-state index contributed by atoms with van der Waals surface area (Å²) in [7, 11) is 1.54. The van der Waals surface area contributed by atoms with Crippen molar-refractivity contribution in [3.8, 4) is 22.6 Å². The fourth-order valence-corrected chi connectivity index (χ4v) is 4.85. The van der Waals surface area contributed by atoms with Crippen LogP contribution in [0.3, 0.4) is 0 Å². The smallest absolute Gasteiger partial charge is 0.306 e. The van der Waals surface area contributed by atoms with Gasteiger partial charge in [-0.2, -0.15) is 0 Å². The molecule has 2 aromatic carbocycles. The van der Waals surface area contributed by atoms with Crippen LogP contribution in [0.15, 0.2) is 48.8 Å². The second kappa shape index (κ2) is 9.05. The van der Waals surface area contributed by atoms with E-state index in [1.807, 2.05) is 6.07 Å². The van der Waals surface area contributed by atoms with Crippen molar-refractivity contribution in [3.05, 3.63) is 71.6 Å². The van der Waals surface area contributed by atoms with E-state index in [2.05, 4.69) is 22.1 Å². The number of hydrogen-bond acceptors (Lipinski definition) is 5. The molecule has 2 unspecified atom stereocenters. The van der Waals surface area contributed by atoms with Gasteiger partial charge in [-0.1, -0.05) is 19.1 Å². The summed E-state index contributed by atoms with van der Waals surface area (Å²) in [4.78, 5) is 20.6. The zero-order chi connectivity index (χ0) is 23.8. The molecule has 34 heavy (non-hydrogen) atoms. The Morgan fingerprint density at radius 2 is 1.91 bits per heavy atom. The van der Waals surface area contributed by atoms with Gasteiger partial charge in [0, 0.05) is 23.5 Å². The Hall–Kier alpha value is -3.48. The number of rotatable bonds is 7. The third-order valence-electron chi connectivity index (χ3n) is 6.92. The van der Waals surface area contributed by atoms with E-state index in [0.29, 0.717) is 28.6 Å². The molecule has 1 fully saturated rings. The van der Waals surface area contributed by atoms with Gasteiger partial charge >= 0.3 is 5.97 Å². The van der Waals surface area contributed by atoms with Crippen LogP contribution in [-0.4, -0.2) is 28.2 Å². The molecular weight excluding hydrogens is 435 g/mol. The fourth-order valence-electron chi connectivity index (χ4n) is 4.85. The summed E-state index contributed by atoms with van der Waals surface area (Å²) >= 11 is 0. The molecule has 6 nitrogen and oxygen atoms in total. The van der Waals surface area contributed by atoms with Gasteiger partial charge in [0.25, 0.3) is 0 Å². The summed E-state index contributed by atoms with van der Waals surface area (Å²) in [5, 5.41) is 9.59. The zero-order valence-corrected chi connectivity index (χ0v) is 19.2. The van der Waals surface area contributed by atoms with E-state index in [0.717, 1.165) is 42.6 Å². The summed E-state index contributed by atoms with van der Waals surface area (Å²) in [6.07, 6.45) is 6.58. The highest BCUT2D eigenvalue weighted by molar-refractivity contribution is 5.71. The third kappa shape index (κ3) is 4.34. The lowest BCUT2D eigenvalue weighted by atomic mass is 9.82. The standard InChI is InChI=1S/C27H27FN2O4/c1-15(27(31)32)25(17-4-5-17)18-6-3-16-7-10-23(34-24(16)11-18)26-29-13-19(14-30-26)21-12-20(33-2)8-9-22(21)28/h3,6,8-9,11-15,17,23,25H,4-5,7,10H2,1-2H3,(H,31,32)/t15?,23?,25-/m0/s1. The van der Waals surface area contributed by atoms with Gasteiger partial charge in [-0.15, -0.1) is 0 Å². The van der Waals surface area contributed by atoms with Crippen molar-refractivity contribution < 1.29 is 23.8 Å². The monoisotopic (exact) mass is 462 g/mol. The van der Waals surface area contributed by atoms with Crippen molar-refractivity contribution in [2.24, 2.45) is 11.8 Å². The van der Waals surface area contributed by atoms with Crippen LogP contribution in [0.25, 0.3) is 11.1 Å². The maximum absolute atomic E-state index is 14.3. The highest BCUT2D eigenvalue weighted by atomic mass is 19.1. The molecule has 2 heterocycles. The van der Waals surface area contributed by atoms with Gasteiger partial charge in [-0.3, -0.25) is 4.79 Å². The molecule has 0 radical (unpaired) electrons.